The van der Waals surface area contributed by atoms with Crippen LogP contribution in [-0.4, -0.2) is 12.6 Å². The number of alkyl halides is 3. The molecule has 0 fully saturated rings. The number of rotatable bonds is 3. The molecule has 0 aliphatic rings. The number of benzene rings is 2. The zero-order valence-corrected chi connectivity index (χ0v) is 13.6. The monoisotopic (exact) mass is 362 g/mol. The lowest BCUT2D eigenvalue weighted by molar-refractivity contribution is -0.154. The van der Waals surface area contributed by atoms with Crippen LogP contribution in [0.2, 0.25) is 0 Å². The minimum atomic E-state index is -4.86. The summed E-state index contributed by atoms with van der Waals surface area (Å²) in [6.45, 7) is 1.50. The van der Waals surface area contributed by atoms with Gasteiger partial charge in [0.1, 0.15) is 0 Å². The van der Waals surface area contributed by atoms with Crippen molar-refractivity contribution < 1.29 is 27.1 Å². The molecule has 0 N–H and O–H groups in total. The number of halogens is 3. The van der Waals surface area contributed by atoms with Crippen molar-refractivity contribution in [2.45, 2.75) is 13.1 Å². The van der Waals surface area contributed by atoms with E-state index in [-0.39, 0.29) is 17.7 Å². The van der Waals surface area contributed by atoms with E-state index in [0.29, 0.717) is 6.07 Å². The third kappa shape index (κ3) is 3.33. The van der Waals surface area contributed by atoms with Crippen LogP contribution in [0.25, 0.3) is 21.9 Å². The molecule has 3 rings (SSSR count). The molecule has 0 saturated carbocycles. The molecule has 1 aromatic heterocycles. The molecule has 0 radical (unpaired) electrons. The largest absolute Gasteiger partial charge is 0.462 e. The lowest BCUT2D eigenvalue weighted by Gasteiger charge is -2.12. The molecule has 0 saturated heterocycles. The quantitative estimate of drug-likeness (QED) is 0.636. The van der Waals surface area contributed by atoms with Crippen molar-refractivity contribution in [3.05, 3.63) is 70.3 Å². The fourth-order valence-electron chi connectivity index (χ4n) is 2.61. The molecule has 2 aromatic carbocycles. The fraction of sp³-hybridized carbons (Fsp3) is 0.158. The first-order valence-electron chi connectivity index (χ1n) is 7.73. The van der Waals surface area contributed by atoms with Gasteiger partial charge in [0.25, 0.3) is 0 Å². The molecule has 26 heavy (non-hydrogen) atoms. The Labute approximate surface area is 145 Å². The molecule has 7 heteroatoms. The van der Waals surface area contributed by atoms with E-state index in [1.165, 1.54) is 6.92 Å². The van der Waals surface area contributed by atoms with Gasteiger partial charge in [-0.05, 0) is 35.4 Å². The lowest BCUT2D eigenvalue weighted by Crippen LogP contribution is -2.21. The number of hydrogen-bond acceptors (Lipinski definition) is 4. The number of fused-ring (bicyclic) bond motifs is 1. The van der Waals surface area contributed by atoms with Crippen LogP contribution in [0.1, 0.15) is 23.0 Å². The number of ether oxygens (including phenoxy) is 1. The van der Waals surface area contributed by atoms with Crippen LogP contribution in [0.3, 0.4) is 0 Å². The van der Waals surface area contributed by atoms with Crippen LogP contribution in [0.5, 0.6) is 0 Å². The molecular weight excluding hydrogens is 349 g/mol. The molecular formula is C19H13F3O4. The molecule has 0 bridgehead atoms. The van der Waals surface area contributed by atoms with Gasteiger partial charge in [0.2, 0.25) is 5.76 Å². The fourth-order valence-corrected chi connectivity index (χ4v) is 2.61. The molecule has 0 unspecified atom stereocenters. The van der Waals surface area contributed by atoms with Crippen molar-refractivity contribution >= 4 is 16.7 Å². The maximum absolute atomic E-state index is 13.0. The Morgan fingerprint density at radius 3 is 2.42 bits per heavy atom. The molecule has 134 valence electrons. The first-order valence-corrected chi connectivity index (χ1v) is 7.73. The minimum Gasteiger partial charge on any atom is -0.462 e. The van der Waals surface area contributed by atoms with Gasteiger partial charge in [0.15, 0.2) is 5.56 Å². The Hall–Kier alpha value is -3.09. The zero-order chi connectivity index (χ0) is 18.9. The Morgan fingerprint density at radius 1 is 1.08 bits per heavy atom. The van der Waals surface area contributed by atoms with Crippen molar-refractivity contribution in [3.63, 3.8) is 0 Å². The molecule has 0 aliphatic carbocycles. The summed E-state index contributed by atoms with van der Waals surface area (Å²) in [6, 6.07) is 12.7. The molecule has 0 spiro atoms. The number of esters is 1. The molecule has 0 aliphatic heterocycles. The summed E-state index contributed by atoms with van der Waals surface area (Å²) in [5, 5.41) is 1.62. The highest BCUT2D eigenvalue weighted by Crippen LogP contribution is 2.33. The van der Waals surface area contributed by atoms with Crippen LogP contribution in [0.4, 0.5) is 13.2 Å². The van der Waals surface area contributed by atoms with Crippen molar-refractivity contribution in [1.29, 1.82) is 0 Å². The summed E-state index contributed by atoms with van der Waals surface area (Å²) in [4.78, 5) is 24.2. The first kappa shape index (κ1) is 17.7. The Morgan fingerprint density at radius 2 is 1.77 bits per heavy atom. The van der Waals surface area contributed by atoms with Gasteiger partial charge in [-0.25, -0.2) is 9.59 Å². The van der Waals surface area contributed by atoms with Gasteiger partial charge in [-0.1, -0.05) is 36.4 Å². The van der Waals surface area contributed by atoms with Gasteiger partial charge in [-0.3, -0.25) is 0 Å². The first-order chi connectivity index (χ1) is 12.3. The summed E-state index contributed by atoms with van der Waals surface area (Å²) >= 11 is 0. The van der Waals surface area contributed by atoms with Crippen molar-refractivity contribution in [1.82, 2.24) is 0 Å². The normalized spacial score (nSPS) is 11.5. The molecule has 0 atom stereocenters. The summed E-state index contributed by atoms with van der Waals surface area (Å²) in [7, 11) is 0. The van der Waals surface area contributed by atoms with Crippen LogP contribution in [0.15, 0.2) is 57.7 Å². The van der Waals surface area contributed by atoms with Crippen LogP contribution in [-0.2, 0) is 10.9 Å². The summed E-state index contributed by atoms with van der Waals surface area (Å²) in [6.07, 6.45) is -4.86. The van der Waals surface area contributed by atoms with Crippen LogP contribution in [0, 0.1) is 0 Å². The van der Waals surface area contributed by atoms with Gasteiger partial charge < -0.3 is 9.15 Å². The minimum absolute atomic E-state index is 0.0313. The number of carbonyl (C=O) groups excluding carboxylic acids is 1. The van der Waals surface area contributed by atoms with Gasteiger partial charge in [0, 0.05) is 5.56 Å². The smallest absolute Gasteiger partial charge is 0.449 e. The predicted octanol–water partition coefficient (Wildman–Crippen LogP) is 4.66. The molecule has 3 aromatic rings. The third-order valence-electron chi connectivity index (χ3n) is 3.77. The Balaban J connectivity index is 2.29. The highest BCUT2D eigenvalue weighted by molar-refractivity contribution is 5.98. The standard InChI is InChI=1S/C19H13F3O4/c1-2-25-17(23)16-14(10-15(19(20,21)22)26-18(16)24)13-8-7-11-5-3-4-6-12(11)9-13/h3-10H,2H2,1H3. The summed E-state index contributed by atoms with van der Waals surface area (Å²) < 4.78 is 48.3. The van der Waals surface area contributed by atoms with Gasteiger partial charge in [-0.2, -0.15) is 13.2 Å². The average molecular weight is 362 g/mol. The van der Waals surface area contributed by atoms with Crippen LogP contribution < -0.4 is 5.63 Å². The SMILES string of the molecule is CCOC(=O)c1c(-c2ccc3ccccc3c2)cc(C(F)(F)F)oc1=O. The molecule has 4 nitrogen and oxygen atoms in total. The Kier molecular flexibility index (Phi) is 4.54. The lowest BCUT2D eigenvalue weighted by atomic mass is 9.98. The van der Waals surface area contributed by atoms with E-state index in [0.717, 1.165) is 10.8 Å². The van der Waals surface area contributed by atoms with E-state index in [1.54, 1.807) is 30.3 Å². The topological polar surface area (TPSA) is 56.5 Å². The Bertz CT molecular complexity index is 1030. The summed E-state index contributed by atoms with van der Waals surface area (Å²) in [5.41, 5.74) is -1.85. The molecule has 1 heterocycles. The number of hydrogen-bond donors (Lipinski definition) is 0. The van der Waals surface area contributed by atoms with Gasteiger partial charge in [0.05, 0.1) is 6.61 Å². The second-order valence-corrected chi connectivity index (χ2v) is 5.47. The third-order valence-corrected chi connectivity index (χ3v) is 3.77. The highest BCUT2D eigenvalue weighted by Gasteiger charge is 2.36. The maximum atomic E-state index is 13.0. The van der Waals surface area contributed by atoms with E-state index in [2.05, 4.69) is 4.42 Å². The zero-order valence-electron chi connectivity index (χ0n) is 13.6. The predicted molar refractivity (Wildman–Crippen MR) is 88.9 cm³/mol. The second-order valence-electron chi connectivity index (χ2n) is 5.47. The average Bonchev–Trinajstić information content (AvgIpc) is 2.60. The van der Waals surface area contributed by atoms with Crippen molar-refractivity contribution in [2.75, 3.05) is 6.61 Å². The van der Waals surface area contributed by atoms with Gasteiger partial charge >= 0.3 is 17.8 Å². The van der Waals surface area contributed by atoms with E-state index < -0.39 is 29.1 Å². The van der Waals surface area contributed by atoms with Crippen molar-refractivity contribution in [2.24, 2.45) is 0 Å². The van der Waals surface area contributed by atoms with E-state index in [1.807, 2.05) is 12.1 Å². The summed E-state index contributed by atoms with van der Waals surface area (Å²) in [5.74, 6) is -2.50. The van der Waals surface area contributed by atoms with Crippen molar-refractivity contribution in [3.8, 4) is 11.1 Å². The van der Waals surface area contributed by atoms with E-state index in [9.17, 15) is 22.8 Å². The maximum Gasteiger partial charge on any atom is 0.449 e. The number of carbonyl (C=O) groups is 1. The van der Waals surface area contributed by atoms with Gasteiger partial charge in [-0.15, -0.1) is 0 Å². The molecule has 0 amide bonds. The van der Waals surface area contributed by atoms with Crippen LogP contribution >= 0.6 is 0 Å². The van der Waals surface area contributed by atoms with E-state index in [4.69, 9.17) is 4.74 Å². The highest BCUT2D eigenvalue weighted by atomic mass is 19.4. The second kappa shape index (κ2) is 6.67. The van der Waals surface area contributed by atoms with E-state index >= 15 is 0 Å².